The van der Waals surface area contributed by atoms with Crippen LogP contribution in [0.5, 0.6) is 0 Å². The fraction of sp³-hybridized carbons (Fsp3) is 0.176. The van der Waals surface area contributed by atoms with Gasteiger partial charge in [-0.1, -0.05) is 43.0 Å². The van der Waals surface area contributed by atoms with Crippen molar-refractivity contribution in [2.75, 3.05) is 11.5 Å². The minimum atomic E-state index is -0.374. The summed E-state index contributed by atoms with van der Waals surface area (Å²) in [5.74, 6) is -0.622. The fourth-order valence-electron chi connectivity index (χ4n) is 2.28. The second kappa shape index (κ2) is 6.23. The van der Waals surface area contributed by atoms with Crippen LogP contribution in [-0.2, 0) is 14.3 Å². The first-order valence-corrected chi connectivity index (χ1v) is 7.87. The highest BCUT2D eigenvalue weighted by Crippen LogP contribution is 2.47. The summed E-state index contributed by atoms with van der Waals surface area (Å²) in [6, 6.07) is 15.4. The van der Waals surface area contributed by atoms with Gasteiger partial charge in [0.25, 0.3) is 5.91 Å². The Bertz CT molecular complexity index is 684. The number of carbonyl (C=O) groups is 2. The van der Waals surface area contributed by atoms with Gasteiger partial charge in [-0.2, -0.15) is 0 Å². The number of rotatable bonds is 3. The molecule has 2 aromatic rings. The van der Waals surface area contributed by atoms with Crippen molar-refractivity contribution in [2.45, 2.75) is 23.1 Å². The molecule has 1 amide bonds. The average molecular weight is 313 g/mol. The zero-order valence-electron chi connectivity index (χ0n) is 12.1. The number of benzene rings is 2. The van der Waals surface area contributed by atoms with Gasteiger partial charge in [0.2, 0.25) is 0 Å². The molecule has 0 saturated carbocycles. The van der Waals surface area contributed by atoms with Crippen molar-refractivity contribution in [3.8, 4) is 0 Å². The van der Waals surface area contributed by atoms with Crippen molar-refractivity contribution in [1.82, 2.24) is 0 Å². The van der Waals surface area contributed by atoms with Crippen LogP contribution in [0.2, 0.25) is 0 Å². The summed E-state index contributed by atoms with van der Waals surface area (Å²) in [6.07, 6.45) is 0.260. The van der Waals surface area contributed by atoms with Crippen LogP contribution in [0.25, 0.3) is 0 Å². The largest absolute Gasteiger partial charge is 0.456 e. The monoisotopic (exact) mass is 313 g/mol. The van der Waals surface area contributed by atoms with E-state index in [0.717, 1.165) is 21.2 Å². The average Bonchev–Trinajstić information content (AvgIpc) is 2.57. The van der Waals surface area contributed by atoms with E-state index in [1.54, 1.807) is 23.6 Å². The lowest BCUT2D eigenvalue weighted by Gasteiger charge is -2.30. The summed E-state index contributed by atoms with van der Waals surface area (Å²) < 4.78 is 5.00. The highest BCUT2D eigenvalue weighted by molar-refractivity contribution is 7.99. The number of esters is 1. The first-order chi connectivity index (χ1) is 10.7. The first-order valence-electron chi connectivity index (χ1n) is 7.05. The standard InChI is InChI=1S/C17H15NO3S/c1-2-17(20)21-11-16(19)18-12-7-3-5-9-14(12)22-15-10-6-4-8-13(15)18/h3-10H,2,11H2,1H3. The van der Waals surface area contributed by atoms with Crippen LogP contribution < -0.4 is 4.90 Å². The molecule has 4 nitrogen and oxygen atoms in total. The summed E-state index contributed by atoms with van der Waals surface area (Å²) in [7, 11) is 0. The van der Waals surface area contributed by atoms with Gasteiger partial charge in [-0.05, 0) is 24.3 Å². The van der Waals surface area contributed by atoms with Crippen molar-refractivity contribution in [3.05, 3.63) is 48.5 Å². The minimum Gasteiger partial charge on any atom is -0.456 e. The van der Waals surface area contributed by atoms with E-state index in [1.807, 2.05) is 48.5 Å². The Morgan fingerprint density at radius 3 is 2.09 bits per heavy atom. The number of nitrogens with zero attached hydrogens (tertiary/aromatic N) is 1. The Hall–Kier alpha value is -2.27. The molecule has 0 bridgehead atoms. The molecule has 22 heavy (non-hydrogen) atoms. The summed E-state index contributed by atoms with van der Waals surface area (Å²) in [5.41, 5.74) is 1.65. The van der Waals surface area contributed by atoms with E-state index in [2.05, 4.69) is 0 Å². The third kappa shape index (κ3) is 2.72. The summed E-state index contributed by atoms with van der Waals surface area (Å²) in [4.78, 5) is 27.5. The van der Waals surface area contributed by atoms with Crippen LogP contribution in [0.1, 0.15) is 13.3 Å². The van der Waals surface area contributed by atoms with Gasteiger partial charge in [-0.3, -0.25) is 14.5 Å². The Morgan fingerprint density at radius 1 is 1.00 bits per heavy atom. The molecule has 2 aromatic carbocycles. The van der Waals surface area contributed by atoms with E-state index in [0.29, 0.717) is 0 Å². The molecular weight excluding hydrogens is 298 g/mol. The number of amides is 1. The number of hydrogen-bond acceptors (Lipinski definition) is 4. The molecule has 0 unspecified atom stereocenters. The maximum absolute atomic E-state index is 12.6. The van der Waals surface area contributed by atoms with Gasteiger partial charge >= 0.3 is 5.97 Å². The maximum Gasteiger partial charge on any atom is 0.306 e. The third-order valence-electron chi connectivity index (χ3n) is 3.33. The number of carbonyl (C=O) groups excluding carboxylic acids is 2. The normalized spacial score (nSPS) is 12.3. The fourth-order valence-corrected chi connectivity index (χ4v) is 3.34. The van der Waals surface area contributed by atoms with E-state index >= 15 is 0 Å². The predicted octanol–water partition coefficient (Wildman–Crippen LogP) is 3.77. The molecule has 3 rings (SSSR count). The zero-order valence-corrected chi connectivity index (χ0v) is 12.9. The molecule has 0 atom stereocenters. The van der Waals surface area contributed by atoms with Gasteiger partial charge in [0, 0.05) is 16.2 Å². The summed E-state index contributed by atoms with van der Waals surface area (Å²) in [5, 5.41) is 0. The predicted molar refractivity (Wildman–Crippen MR) is 85.4 cm³/mol. The molecule has 1 aliphatic rings. The van der Waals surface area contributed by atoms with E-state index in [4.69, 9.17) is 4.74 Å². The van der Waals surface area contributed by atoms with Crippen LogP contribution in [-0.4, -0.2) is 18.5 Å². The lowest BCUT2D eigenvalue weighted by atomic mass is 10.2. The van der Waals surface area contributed by atoms with Crippen molar-refractivity contribution in [1.29, 1.82) is 0 Å². The van der Waals surface area contributed by atoms with Gasteiger partial charge < -0.3 is 4.74 Å². The van der Waals surface area contributed by atoms with E-state index in [-0.39, 0.29) is 24.9 Å². The van der Waals surface area contributed by atoms with Crippen LogP contribution >= 0.6 is 11.8 Å². The zero-order chi connectivity index (χ0) is 15.5. The third-order valence-corrected chi connectivity index (χ3v) is 4.46. The van der Waals surface area contributed by atoms with Gasteiger partial charge in [0.15, 0.2) is 6.61 Å². The number of para-hydroxylation sites is 2. The van der Waals surface area contributed by atoms with Gasteiger partial charge in [-0.25, -0.2) is 0 Å². The molecule has 0 fully saturated rings. The van der Waals surface area contributed by atoms with Gasteiger partial charge in [0.05, 0.1) is 11.4 Å². The highest BCUT2D eigenvalue weighted by atomic mass is 32.2. The van der Waals surface area contributed by atoms with Gasteiger partial charge in [0.1, 0.15) is 0 Å². The highest BCUT2D eigenvalue weighted by Gasteiger charge is 2.28. The molecule has 1 heterocycles. The first kappa shape index (κ1) is 14.7. The number of ether oxygens (including phenoxy) is 1. The molecule has 0 aromatic heterocycles. The molecule has 0 radical (unpaired) electrons. The quantitative estimate of drug-likeness (QED) is 0.809. The van der Waals surface area contributed by atoms with Crippen LogP contribution in [0, 0.1) is 0 Å². The Kier molecular flexibility index (Phi) is 4.15. The molecular formula is C17H15NO3S. The molecule has 0 saturated heterocycles. The number of fused-ring (bicyclic) bond motifs is 2. The lowest BCUT2D eigenvalue weighted by molar-refractivity contribution is -0.147. The lowest BCUT2D eigenvalue weighted by Crippen LogP contribution is -2.32. The number of hydrogen-bond donors (Lipinski definition) is 0. The molecule has 5 heteroatoms. The van der Waals surface area contributed by atoms with E-state index in [9.17, 15) is 9.59 Å². The Morgan fingerprint density at radius 2 is 1.55 bits per heavy atom. The molecule has 0 spiro atoms. The SMILES string of the molecule is CCC(=O)OCC(=O)N1c2ccccc2Sc2ccccc21. The summed E-state index contributed by atoms with van der Waals surface area (Å²) in [6.45, 7) is 1.45. The Labute approximate surface area is 133 Å². The van der Waals surface area contributed by atoms with Crippen molar-refractivity contribution >= 4 is 35.0 Å². The van der Waals surface area contributed by atoms with Crippen molar-refractivity contribution in [2.24, 2.45) is 0 Å². The smallest absolute Gasteiger partial charge is 0.306 e. The van der Waals surface area contributed by atoms with Crippen LogP contribution in [0.4, 0.5) is 11.4 Å². The van der Waals surface area contributed by atoms with Crippen molar-refractivity contribution < 1.29 is 14.3 Å². The topological polar surface area (TPSA) is 46.6 Å². The second-order valence-electron chi connectivity index (χ2n) is 4.78. The van der Waals surface area contributed by atoms with Gasteiger partial charge in [-0.15, -0.1) is 0 Å². The summed E-state index contributed by atoms with van der Waals surface area (Å²) >= 11 is 1.63. The Balaban J connectivity index is 1.96. The molecule has 0 aliphatic carbocycles. The molecule has 112 valence electrons. The van der Waals surface area contributed by atoms with Crippen molar-refractivity contribution in [3.63, 3.8) is 0 Å². The van der Waals surface area contributed by atoms with Crippen LogP contribution in [0.3, 0.4) is 0 Å². The minimum absolute atomic E-state index is 0.248. The van der Waals surface area contributed by atoms with E-state index in [1.165, 1.54) is 0 Å². The second-order valence-corrected chi connectivity index (χ2v) is 5.86. The molecule has 1 aliphatic heterocycles. The maximum atomic E-state index is 12.6. The van der Waals surface area contributed by atoms with E-state index < -0.39 is 0 Å². The molecule has 0 N–H and O–H groups in total. The van der Waals surface area contributed by atoms with Crippen LogP contribution in [0.15, 0.2) is 58.3 Å². The number of anilines is 2.